The third kappa shape index (κ3) is 3.18. The molecule has 2 rings (SSSR count). The zero-order chi connectivity index (χ0) is 14.0. The highest BCUT2D eigenvalue weighted by molar-refractivity contribution is 5.54. The van der Waals surface area contributed by atoms with Gasteiger partial charge in [0.25, 0.3) is 0 Å². The molecule has 0 spiro atoms. The van der Waals surface area contributed by atoms with Crippen molar-refractivity contribution in [2.24, 2.45) is 5.92 Å². The van der Waals surface area contributed by atoms with Crippen molar-refractivity contribution in [1.82, 2.24) is 5.32 Å². The molecule has 1 atom stereocenters. The van der Waals surface area contributed by atoms with Crippen LogP contribution in [0.25, 0.3) is 0 Å². The van der Waals surface area contributed by atoms with Crippen LogP contribution in [0.2, 0.25) is 0 Å². The highest BCUT2D eigenvalue weighted by Crippen LogP contribution is 2.31. The van der Waals surface area contributed by atoms with E-state index >= 15 is 0 Å². The molecule has 1 aliphatic rings. The lowest BCUT2D eigenvalue weighted by molar-refractivity contribution is -0.169. The number of hydrogen-bond acceptors (Lipinski definition) is 2. The van der Waals surface area contributed by atoms with Crippen LogP contribution in [0.3, 0.4) is 0 Å². The second-order valence-corrected chi connectivity index (χ2v) is 4.79. The van der Waals surface area contributed by atoms with Gasteiger partial charge >= 0.3 is 6.18 Å². The van der Waals surface area contributed by atoms with E-state index in [0.29, 0.717) is 18.7 Å². The maximum atomic E-state index is 13.8. The molecule has 6 heteroatoms. The molecule has 2 nitrogen and oxygen atoms in total. The summed E-state index contributed by atoms with van der Waals surface area (Å²) in [6, 6.07) is 4.55. The largest absolute Gasteiger partial charge is 0.394 e. The van der Waals surface area contributed by atoms with Crippen molar-refractivity contribution in [1.29, 1.82) is 0 Å². The molecule has 0 radical (unpaired) electrons. The van der Waals surface area contributed by atoms with Gasteiger partial charge in [-0.15, -0.1) is 0 Å². The van der Waals surface area contributed by atoms with Crippen molar-refractivity contribution in [3.8, 4) is 0 Å². The Morgan fingerprint density at radius 1 is 1.32 bits per heavy atom. The van der Waals surface area contributed by atoms with Crippen LogP contribution in [0.4, 0.5) is 23.2 Å². The molecule has 0 bridgehead atoms. The molecule has 1 fully saturated rings. The van der Waals surface area contributed by atoms with Crippen molar-refractivity contribution in [2.75, 3.05) is 31.1 Å². The van der Waals surface area contributed by atoms with E-state index in [0.717, 1.165) is 0 Å². The van der Waals surface area contributed by atoms with Gasteiger partial charge in [0.1, 0.15) is 5.82 Å². The van der Waals surface area contributed by atoms with E-state index < -0.39 is 17.9 Å². The van der Waals surface area contributed by atoms with Crippen LogP contribution in [0.1, 0.15) is 5.56 Å². The average Bonchev–Trinajstić information content (AvgIpc) is 2.54. The SMILES string of the molecule is Cc1cccc(F)c1N1CCNCC(C(F)(F)F)C1. The van der Waals surface area contributed by atoms with E-state index in [1.54, 1.807) is 19.1 Å². The van der Waals surface area contributed by atoms with E-state index in [4.69, 9.17) is 0 Å². The standard InChI is InChI=1S/C13H16F4N2/c1-9-3-2-4-11(14)12(9)19-6-5-18-7-10(8-19)13(15,16)17/h2-4,10,18H,5-8H2,1H3. The summed E-state index contributed by atoms with van der Waals surface area (Å²) in [7, 11) is 0. The zero-order valence-electron chi connectivity index (χ0n) is 10.6. The van der Waals surface area contributed by atoms with Crippen LogP contribution in [0.5, 0.6) is 0 Å². The van der Waals surface area contributed by atoms with E-state index in [1.165, 1.54) is 11.0 Å². The van der Waals surface area contributed by atoms with E-state index in [1.807, 2.05) is 0 Å². The molecule has 1 heterocycles. The normalized spacial score (nSPS) is 21.3. The number of nitrogens with zero attached hydrogens (tertiary/aromatic N) is 1. The number of benzene rings is 1. The van der Waals surface area contributed by atoms with Gasteiger partial charge in [0.15, 0.2) is 0 Å². The van der Waals surface area contributed by atoms with Gasteiger partial charge in [-0.25, -0.2) is 4.39 Å². The number of anilines is 1. The van der Waals surface area contributed by atoms with Gasteiger partial charge in [0.2, 0.25) is 0 Å². The van der Waals surface area contributed by atoms with Crippen LogP contribution in [0, 0.1) is 18.7 Å². The molecule has 0 aromatic heterocycles. The van der Waals surface area contributed by atoms with Crippen molar-refractivity contribution in [3.63, 3.8) is 0 Å². The van der Waals surface area contributed by atoms with Gasteiger partial charge in [-0.1, -0.05) is 12.1 Å². The Morgan fingerprint density at radius 3 is 2.68 bits per heavy atom. The highest BCUT2D eigenvalue weighted by atomic mass is 19.4. The second-order valence-electron chi connectivity index (χ2n) is 4.79. The van der Waals surface area contributed by atoms with Crippen LogP contribution in [-0.2, 0) is 0 Å². The Kier molecular flexibility index (Phi) is 3.99. The molecule has 1 saturated heterocycles. The smallest absolute Gasteiger partial charge is 0.367 e. The number of alkyl halides is 3. The molecule has 106 valence electrons. The number of hydrogen-bond donors (Lipinski definition) is 1. The van der Waals surface area contributed by atoms with Crippen LogP contribution >= 0.6 is 0 Å². The first kappa shape index (κ1) is 14.1. The number of para-hydroxylation sites is 1. The van der Waals surface area contributed by atoms with Crippen molar-refractivity contribution < 1.29 is 17.6 Å². The molecule has 1 aromatic rings. The molecule has 0 aliphatic carbocycles. The van der Waals surface area contributed by atoms with Gasteiger partial charge in [-0.05, 0) is 18.6 Å². The minimum absolute atomic E-state index is 0.118. The summed E-state index contributed by atoms with van der Waals surface area (Å²) in [5.74, 6) is -1.95. The van der Waals surface area contributed by atoms with Gasteiger partial charge in [0, 0.05) is 26.2 Å². The lowest BCUT2D eigenvalue weighted by Gasteiger charge is -2.28. The van der Waals surface area contributed by atoms with Crippen molar-refractivity contribution >= 4 is 5.69 Å². The second kappa shape index (κ2) is 5.36. The lowest BCUT2D eigenvalue weighted by Crippen LogP contribution is -2.38. The fourth-order valence-corrected chi connectivity index (χ4v) is 2.36. The number of halogens is 4. The highest BCUT2D eigenvalue weighted by Gasteiger charge is 2.41. The summed E-state index contributed by atoms with van der Waals surface area (Å²) in [4.78, 5) is 1.49. The van der Waals surface area contributed by atoms with Gasteiger partial charge in [-0.2, -0.15) is 13.2 Å². The summed E-state index contributed by atoms with van der Waals surface area (Å²) < 4.78 is 52.4. The number of rotatable bonds is 1. The molecular weight excluding hydrogens is 260 g/mol. The first-order valence-corrected chi connectivity index (χ1v) is 6.17. The molecule has 0 amide bonds. The summed E-state index contributed by atoms with van der Waals surface area (Å²) >= 11 is 0. The predicted molar refractivity (Wildman–Crippen MR) is 65.8 cm³/mol. The average molecular weight is 276 g/mol. The van der Waals surface area contributed by atoms with Crippen molar-refractivity contribution in [2.45, 2.75) is 13.1 Å². The Labute approximate surface area is 109 Å². The minimum Gasteiger partial charge on any atom is -0.367 e. The summed E-state index contributed by atoms with van der Waals surface area (Å²) in [5, 5.41) is 2.76. The monoisotopic (exact) mass is 276 g/mol. The maximum Gasteiger partial charge on any atom is 0.394 e. The fourth-order valence-electron chi connectivity index (χ4n) is 2.36. The fraction of sp³-hybridized carbons (Fsp3) is 0.538. The van der Waals surface area contributed by atoms with E-state index in [-0.39, 0.29) is 18.8 Å². The first-order valence-electron chi connectivity index (χ1n) is 6.17. The van der Waals surface area contributed by atoms with Gasteiger partial charge < -0.3 is 10.2 Å². The predicted octanol–water partition coefficient (Wildman–Crippen LogP) is 2.72. The Bertz CT molecular complexity index is 425. The first-order chi connectivity index (χ1) is 8.89. The van der Waals surface area contributed by atoms with E-state index in [9.17, 15) is 17.6 Å². The zero-order valence-corrected chi connectivity index (χ0v) is 10.6. The summed E-state index contributed by atoms with van der Waals surface area (Å²) in [6.45, 7) is 2.17. The third-order valence-corrected chi connectivity index (χ3v) is 3.36. The third-order valence-electron chi connectivity index (χ3n) is 3.36. The minimum atomic E-state index is -4.27. The number of aryl methyl sites for hydroxylation is 1. The molecule has 1 unspecified atom stereocenters. The molecule has 1 N–H and O–H groups in total. The quantitative estimate of drug-likeness (QED) is 0.793. The lowest BCUT2D eigenvalue weighted by atomic mass is 10.1. The molecule has 0 saturated carbocycles. The summed E-state index contributed by atoms with van der Waals surface area (Å²) in [5.41, 5.74) is 0.934. The van der Waals surface area contributed by atoms with E-state index in [2.05, 4.69) is 5.32 Å². The Balaban J connectivity index is 2.28. The molecule has 19 heavy (non-hydrogen) atoms. The van der Waals surface area contributed by atoms with Crippen molar-refractivity contribution in [3.05, 3.63) is 29.6 Å². The van der Waals surface area contributed by atoms with Gasteiger partial charge in [-0.3, -0.25) is 0 Å². The van der Waals surface area contributed by atoms with Crippen LogP contribution in [-0.4, -0.2) is 32.4 Å². The Hall–Kier alpha value is -1.30. The van der Waals surface area contributed by atoms with Crippen LogP contribution in [0.15, 0.2) is 18.2 Å². The molecule has 1 aliphatic heterocycles. The van der Waals surface area contributed by atoms with Crippen LogP contribution < -0.4 is 10.2 Å². The molecular formula is C13H16F4N2. The molecule has 1 aromatic carbocycles. The van der Waals surface area contributed by atoms with Gasteiger partial charge in [0.05, 0.1) is 11.6 Å². The maximum absolute atomic E-state index is 13.8. The topological polar surface area (TPSA) is 15.3 Å². The number of nitrogens with one attached hydrogen (secondary N) is 1. The Morgan fingerprint density at radius 2 is 2.05 bits per heavy atom. The summed E-state index contributed by atoms with van der Waals surface area (Å²) in [6.07, 6.45) is -4.27.